The number of carbonyl (C=O) groups excluding carboxylic acids is 1. The van der Waals surface area contributed by atoms with Crippen molar-refractivity contribution in [1.29, 1.82) is 0 Å². The second-order valence-corrected chi connectivity index (χ2v) is 6.46. The summed E-state index contributed by atoms with van der Waals surface area (Å²) in [5.74, 6) is -0.347. The third-order valence-corrected chi connectivity index (χ3v) is 4.89. The fourth-order valence-electron chi connectivity index (χ4n) is 3.08. The van der Waals surface area contributed by atoms with Gasteiger partial charge in [0.2, 0.25) is 0 Å². The molecule has 2 aliphatic heterocycles. The summed E-state index contributed by atoms with van der Waals surface area (Å²) < 4.78 is 13.6. The fraction of sp³-hybridized carbons (Fsp3) is 0.533. The predicted octanol–water partition coefficient (Wildman–Crippen LogP) is 1.71. The summed E-state index contributed by atoms with van der Waals surface area (Å²) in [5, 5.41) is 3.35. The molecular weight excluding hydrogens is 337 g/mol. The quantitative estimate of drug-likeness (QED) is 0.877. The van der Waals surface area contributed by atoms with E-state index in [9.17, 15) is 9.18 Å². The number of likely N-dealkylation sites (tertiary alicyclic amines) is 1. The van der Waals surface area contributed by atoms with Crippen molar-refractivity contribution in [3.8, 4) is 0 Å². The van der Waals surface area contributed by atoms with Crippen LogP contribution >= 0.6 is 15.9 Å². The third-order valence-electron chi connectivity index (χ3n) is 4.29. The molecule has 1 N–H and O–H groups in total. The molecule has 1 aromatic rings. The SMILES string of the molecule is O=C(c1ccc(F)c(Br)c1)N1CCC(N2CCNCC2)C1. The fourth-order valence-corrected chi connectivity index (χ4v) is 3.46. The van der Waals surface area contributed by atoms with E-state index >= 15 is 0 Å². The van der Waals surface area contributed by atoms with Crippen LogP contribution in [0.3, 0.4) is 0 Å². The molecule has 1 atom stereocenters. The number of nitrogens with zero attached hydrogens (tertiary/aromatic N) is 2. The van der Waals surface area contributed by atoms with Crippen molar-refractivity contribution < 1.29 is 9.18 Å². The molecule has 1 amide bonds. The van der Waals surface area contributed by atoms with E-state index in [1.165, 1.54) is 6.07 Å². The van der Waals surface area contributed by atoms with Crippen molar-refractivity contribution >= 4 is 21.8 Å². The zero-order chi connectivity index (χ0) is 14.8. The lowest BCUT2D eigenvalue weighted by atomic mass is 10.2. The molecule has 6 heteroatoms. The zero-order valence-electron chi connectivity index (χ0n) is 11.8. The first-order valence-electron chi connectivity index (χ1n) is 7.34. The first-order chi connectivity index (χ1) is 10.1. The summed E-state index contributed by atoms with van der Waals surface area (Å²) in [6.07, 6.45) is 1.02. The molecule has 1 aromatic carbocycles. The molecule has 0 spiro atoms. The van der Waals surface area contributed by atoms with Gasteiger partial charge in [0.15, 0.2) is 0 Å². The maximum Gasteiger partial charge on any atom is 0.253 e. The van der Waals surface area contributed by atoms with Crippen molar-refractivity contribution in [3.63, 3.8) is 0 Å². The average Bonchev–Trinajstić information content (AvgIpc) is 3.00. The highest BCUT2D eigenvalue weighted by molar-refractivity contribution is 9.10. The summed E-state index contributed by atoms with van der Waals surface area (Å²) in [6.45, 7) is 5.70. The van der Waals surface area contributed by atoms with Crippen LogP contribution in [0, 0.1) is 5.82 Å². The Morgan fingerprint density at radius 2 is 2.05 bits per heavy atom. The molecule has 0 aromatic heterocycles. The largest absolute Gasteiger partial charge is 0.337 e. The molecule has 2 heterocycles. The van der Waals surface area contributed by atoms with Crippen LogP contribution in [0.2, 0.25) is 0 Å². The Labute approximate surface area is 132 Å². The second kappa shape index (κ2) is 6.42. The maximum absolute atomic E-state index is 13.3. The minimum atomic E-state index is -0.341. The van der Waals surface area contributed by atoms with Crippen molar-refractivity contribution in [2.24, 2.45) is 0 Å². The monoisotopic (exact) mass is 355 g/mol. The standard InChI is InChI=1S/C15H19BrFN3O/c16-13-9-11(1-2-14(13)17)15(21)20-6-3-12(10-20)19-7-4-18-5-8-19/h1-2,9,12,18H,3-8,10H2. The molecule has 0 aliphatic carbocycles. The molecule has 1 unspecified atom stereocenters. The van der Waals surface area contributed by atoms with E-state index in [0.29, 0.717) is 16.1 Å². The number of hydrogen-bond donors (Lipinski definition) is 1. The molecular formula is C15H19BrFN3O. The van der Waals surface area contributed by atoms with Crippen LogP contribution < -0.4 is 5.32 Å². The Bertz CT molecular complexity index is 534. The number of benzene rings is 1. The topological polar surface area (TPSA) is 35.6 Å². The molecule has 0 radical (unpaired) electrons. The third kappa shape index (κ3) is 3.27. The number of carbonyl (C=O) groups is 1. The van der Waals surface area contributed by atoms with E-state index < -0.39 is 0 Å². The Balaban J connectivity index is 1.64. The highest BCUT2D eigenvalue weighted by atomic mass is 79.9. The van der Waals surface area contributed by atoms with E-state index in [0.717, 1.165) is 45.7 Å². The van der Waals surface area contributed by atoms with Gasteiger partial charge in [-0.3, -0.25) is 9.69 Å². The van der Waals surface area contributed by atoms with E-state index in [4.69, 9.17) is 0 Å². The van der Waals surface area contributed by atoms with Gasteiger partial charge in [-0.05, 0) is 40.5 Å². The Kier molecular flexibility index (Phi) is 4.57. The van der Waals surface area contributed by atoms with Crippen LogP contribution in [0.15, 0.2) is 22.7 Å². The minimum absolute atomic E-state index is 0.00617. The molecule has 2 fully saturated rings. The highest BCUT2D eigenvalue weighted by Gasteiger charge is 2.31. The molecule has 2 aliphatic rings. The van der Waals surface area contributed by atoms with Gasteiger partial charge in [-0.25, -0.2) is 4.39 Å². The lowest BCUT2D eigenvalue weighted by molar-refractivity contribution is 0.0773. The summed E-state index contributed by atoms with van der Waals surface area (Å²) >= 11 is 3.14. The Morgan fingerprint density at radius 3 is 2.76 bits per heavy atom. The van der Waals surface area contributed by atoms with Crippen molar-refractivity contribution in [1.82, 2.24) is 15.1 Å². The van der Waals surface area contributed by atoms with Gasteiger partial charge in [-0.2, -0.15) is 0 Å². The average molecular weight is 356 g/mol. The first-order valence-corrected chi connectivity index (χ1v) is 8.13. The van der Waals surface area contributed by atoms with Gasteiger partial charge in [0.05, 0.1) is 4.47 Å². The maximum atomic E-state index is 13.3. The van der Waals surface area contributed by atoms with Gasteiger partial charge < -0.3 is 10.2 Å². The number of rotatable bonds is 2. The van der Waals surface area contributed by atoms with E-state index in [1.807, 2.05) is 4.90 Å². The van der Waals surface area contributed by atoms with Crippen LogP contribution in [0.25, 0.3) is 0 Å². The van der Waals surface area contributed by atoms with Gasteiger partial charge in [0.1, 0.15) is 5.82 Å². The number of piperazine rings is 1. The van der Waals surface area contributed by atoms with Crippen LogP contribution in [0.5, 0.6) is 0 Å². The van der Waals surface area contributed by atoms with Crippen molar-refractivity contribution in [3.05, 3.63) is 34.1 Å². The normalized spacial score (nSPS) is 23.5. The number of halogens is 2. The molecule has 2 saturated heterocycles. The predicted molar refractivity (Wildman–Crippen MR) is 82.9 cm³/mol. The van der Waals surface area contributed by atoms with Crippen LogP contribution in [0.4, 0.5) is 4.39 Å². The van der Waals surface area contributed by atoms with E-state index in [2.05, 4.69) is 26.1 Å². The number of hydrogen-bond acceptors (Lipinski definition) is 3. The van der Waals surface area contributed by atoms with E-state index in [1.54, 1.807) is 12.1 Å². The molecule has 4 nitrogen and oxygen atoms in total. The van der Waals surface area contributed by atoms with E-state index in [-0.39, 0.29) is 11.7 Å². The molecule has 21 heavy (non-hydrogen) atoms. The summed E-state index contributed by atoms with van der Waals surface area (Å²) in [6, 6.07) is 4.91. The van der Waals surface area contributed by atoms with Crippen LogP contribution in [0.1, 0.15) is 16.8 Å². The second-order valence-electron chi connectivity index (χ2n) is 5.61. The first kappa shape index (κ1) is 14.9. The number of nitrogens with one attached hydrogen (secondary N) is 1. The van der Waals surface area contributed by atoms with Crippen molar-refractivity contribution in [2.75, 3.05) is 39.3 Å². The van der Waals surface area contributed by atoms with Crippen LogP contribution in [-0.4, -0.2) is 61.0 Å². The lowest BCUT2D eigenvalue weighted by Crippen LogP contribution is -2.49. The van der Waals surface area contributed by atoms with Gasteiger partial charge in [0, 0.05) is 50.9 Å². The van der Waals surface area contributed by atoms with Gasteiger partial charge in [-0.15, -0.1) is 0 Å². The van der Waals surface area contributed by atoms with Gasteiger partial charge in [0.25, 0.3) is 5.91 Å². The lowest BCUT2D eigenvalue weighted by Gasteiger charge is -2.32. The summed E-state index contributed by atoms with van der Waals surface area (Å²) in [7, 11) is 0. The molecule has 0 bridgehead atoms. The Hall–Kier alpha value is -0.980. The van der Waals surface area contributed by atoms with Crippen LogP contribution in [-0.2, 0) is 0 Å². The van der Waals surface area contributed by atoms with Gasteiger partial charge in [-0.1, -0.05) is 0 Å². The zero-order valence-corrected chi connectivity index (χ0v) is 13.4. The summed E-state index contributed by atoms with van der Waals surface area (Å²) in [5.41, 5.74) is 0.546. The summed E-state index contributed by atoms with van der Waals surface area (Å²) in [4.78, 5) is 16.8. The molecule has 3 rings (SSSR count). The van der Waals surface area contributed by atoms with Crippen molar-refractivity contribution in [2.45, 2.75) is 12.5 Å². The molecule has 0 saturated carbocycles. The minimum Gasteiger partial charge on any atom is -0.337 e. The van der Waals surface area contributed by atoms with Gasteiger partial charge >= 0.3 is 0 Å². The highest BCUT2D eigenvalue weighted by Crippen LogP contribution is 2.21. The Morgan fingerprint density at radius 1 is 1.29 bits per heavy atom. The molecule has 114 valence electrons. The smallest absolute Gasteiger partial charge is 0.253 e. The number of amides is 1.